The standard InChI is InChI=1S/C12H15N3OS/c13-8-1-3-9(4-2-8)15-6-5-11-10(12(15)16)7-14-17-11/h5-9H,1-4,13H2. The van der Waals surface area contributed by atoms with Gasteiger partial charge >= 0.3 is 0 Å². The van der Waals surface area contributed by atoms with Gasteiger partial charge in [0.05, 0.1) is 16.3 Å². The second kappa shape index (κ2) is 4.23. The summed E-state index contributed by atoms with van der Waals surface area (Å²) in [4.78, 5) is 12.3. The van der Waals surface area contributed by atoms with E-state index in [2.05, 4.69) is 4.37 Å². The van der Waals surface area contributed by atoms with Crippen LogP contribution in [0, 0.1) is 0 Å². The van der Waals surface area contributed by atoms with E-state index in [-0.39, 0.29) is 5.56 Å². The third-order valence-electron chi connectivity index (χ3n) is 3.58. The van der Waals surface area contributed by atoms with Gasteiger partial charge in [0.2, 0.25) is 0 Å². The van der Waals surface area contributed by atoms with E-state index in [1.54, 1.807) is 6.20 Å². The van der Waals surface area contributed by atoms with Crippen molar-refractivity contribution in [2.24, 2.45) is 5.73 Å². The SMILES string of the molecule is NC1CCC(n2ccc3sncc3c2=O)CC1. The Morgan fingerprint density at radius 2 is 2.12 bits per heavy atom. The maximum absolute atomic E-state index is 12.3. The summed E-state index contributed by atoms with van der Waals surface area (Å²) in [5.74, 6) is 0. The van der Waals surface area contributed by atoms with Crippen LogP contribution in [0.1, 0.15) is 31.7 Å². The van der Waals surface area contributed by atoms with E-state index in [0.29, 0.717) is 12.1 Å². The zero-order valence-electron chi connectivity index (χ0n) is 9.50. The minimum Gasteiger partial charge on any atom is -0.328 e. The molecule has 1 aliphatic carbocycles. The van der Waals surface area contributed by atoms with E-state index < -0.39 is 0 Å². The molecule has 0 aliphatic heterocycles. The van der Waals surface area contributed by atoms with Gasteiger partial charge in [0, 0.05) is 18.3 Å². The molecule has 0 spiro atoms. The summed E-state index contributed by atoms with van der Waals surface area (Å²) in [5, 5.41) is 0.743. The molecular formula is C12H15N3OS. The van der Waals surface area contributed by atoms with Crippen molar-refractivity contribution in [1.82, 2.24) is 8.94 Å². The average Bonchev–Trinajstić information content (AvgIpc) is 2.80. The van der Waals surface area contributed by atoms with Gasteiger partial charge in [-0.3, -0.25) is 4.79 Å². The summed E-state index contributed by atoms with van der Waals surface area (Å²) in [6.07, 6.45) is 7.61. The molecule has 1 fully saturated rings. The van der Waals surface area contributed by atoms with Crippen molar-refractivity contribution in [3.05, 3.63) is 28.8 Å². The Labute approximate surface area is 103 Å². The molecule has 0 radical (unpaired) electrons. The maximum atomic E-state index is 12.3. The molecule has 0 atom stereocenters. The lowest BCUT2D eigenvalue weighted by Crippen LogP contribution is -2.32. The lowest BCUT2D eigenvalue weighted by Gasteiger charge is -2.27. The van der Waals surface area contributed by atoms with Gasteiger partial charge in [-0.15, -0.1) is 0 Å². The first-order valence-electron chi connectivity index (χ1n) is 5.97. The fraction of sp³-hybridized carbons (Fsp3) is 0.500. The van der Waals surface area contributed by atoms with E-state index in [9.17, 15) is 4.79 Å². The molecular weight excluding hydrogens is 234 g/mol. The van der Waals surface area contributed by atoms with Gasteiger partial charge in [-0.2, -0.15) is 4.37 Å². The molecule has 1 aliphatic rings. The maximum Gasteiger partial charge on any atom is 0.261 e. The van der Waals surface area contributed by atoms with Gasteiger partial charge in [-0.25, -0.2) is 0 Å². The minimum absolute atomic E-state index is 0.0942. The number of hydrogen-bond donors (Lipinski definition) is 1. The van der Waals surface area contributed by atoms with E-state index in [1.165, 1.54) is 11.5 Å². The summed E-state index contributed by atoms with van der Waals surface area (Å²) in [5.41, 5.74) is 5.99. The van der Waals surface area contributed by atoms with Crippen LogP contribution in [-0.2, 0) is 0 Å². The molecule has 0 aromatic carbocycles. The molecule has 17 heavy (non-hydrogen) atoms. The largest absolute Gasteiger partial charge is 0.328 e. The number of rotatable bonds is 1. The summed E-state index contributed by atoms with van der Waals surface area (Å²) in [6.45, 7) is 0. The number of aromatic nitrogens is 2. The Hall–Kier alpha value is -1.20. The highest BCUT2D eigenvalue weighted by Gasteiger charge is 2.21. The van der Waals surface area contributed by atoms with Gasteiger partial charge in [0.15, 0.2) is 0 Å². The number of fused-ring (bicyclic) bond motifs is 1. The molecule has 90 valence electrons. The van der Waals surface area contributed by atoms with Gasteiger partial charge in [0.1, 0.15) is 0 Å². The first kappa shape index (κ1) is 10.9. The van der Waals surface area contributed by atoms with Crippen LogP contribution in [0.5, 0.6) is 0 Å². The molecule has 3 rings (SSSR count). The predicted molar refractivity (Wildman–Crippen MR) is 69.4 cm³/mol. The average molecular weight is 249 g/mol. The Morgan fingerprint density at radius 1 is 1.35 bits per heavy atom. The predicted octanol–water partition coefficient (Wildman–Crippen LogP) is 1.90. The smallest absolute Gasteiger partial charge is 0.261 e. The van der Waals surface area contributed by atoms with E-state index in [1.807, 2.05) is 16.8 Å². The zero-order chi connectivity index (χ0) is 11.8. The quantitative estimate of drug-likeness (QED) is 0.839. The third kappa shape index (κ3) is 1.89. The Balaban J connectivity index is 2.00. The number of nitrogens with zero attached hydrogens (tertiary/aromatic N) is 2. The zero-order valence-corrected chi connectivity index (χ0v) is 10.3. The molecule has 2 N–H and O–H groups in total. The van der Waals surface area contributed by atoms with Crippen molar-refractivity contribution in [3.63, 3.8) is 0 Å². The molecule has 2 aromatic rings. The van der Waals surface area contributed by atoms with Crippen molar-refractivity contribution in [2.45, 2.75) is 37.8 Å². The highest BCUT2D eigenvalue weighted by atomic mass is 32.1. The lowest BCUT2D eigenvalue weighted by molar-refractivity contribution is 0.319. The molecule has 2 aromatic heterocycles. The number of nitrogens with two attached hydrogens (primary N) is 1. The van der Waals surface area contributed by atoms with E-state index in [4.69, 9.17) is 5.73 Å². The summed E-state index contributed by atoms with van der Waals surface area (Å²) in [7, 11) is 0. The van der Waals surface area contributed by atoms with Crippen molar-refractivity contribution >= 4 is 21.6 Å². The van der Waals surface area contributed by atoms with Crippen molar-refractivity contribution in [2.75, 3.05) is 0 Å². The third-order valence-corrected chi connectivity index (χ3v) is 4.35. The second-order valence-corrected chi connectivity index (χ2v) is 5.53. The summed E-state index contributed by atoms with van der Waals surface area (Å²) >= 11 is 1.37. The van der Waals surface area contributed by atoms with Crippen molar-refractivity contribution in [3.8, 4) is 0 Å². The summed E-state index contributed by atoms with van der Waals surface area (Å²) in [6, 6.07) is 2.61. The Bertz CT molecular complexity index is 581. The normalized spacial score (nSPS) is 25.2. The Morgan fingerprint density at radius 3 is 2.88 bits per heavy atom. The van der Waals surface area contributed by atoms with Crippen LogP contribution in [0.2, 0.25) is 0 Å². The number of hydrogen-bond acceptors (Lipinski definition) is 4. The van der Waals surface area contributed by atoms with Gasteiger partial charge in [-0.05, 0) is 43.3 Å². The van der Waals surface area contributed by atoms with Crippen LogP contribution in [0.15, 0.2) is 23.3 Å². The first-order chi connectivity index (χ1) is 8.25. The highest BCUT2D eigenvalue weighted by Crippen LogP contribution is 2.27. The van der Waals surface area contributed by atoms with Gasteiger partial charge in [0.25, 0.3) is 5.56 Å². The number of pyridine rings is 1. The fourth-order valence-electron chi connectivity index (χ4n) is 2.55. The molecule has 5 heteroatoms. The molecule has 0 unspecified atom stereocenters. The molecule has 0 amide bonds. The lowest BCUT2D eigenvalue weighted by atomic mass is 9.91. The van der Waals surface area contributed by atoms with Crippen LogP contribution in [0.25, 0.3) is 10.1 Å². The van der Waals surface area contributed by atoms with Crippen molar-refractivity contribution < 1.29 is 0 Å². The topological polar surface area (TPSA) is 60.9 Å². The first-order valence-corrected chi connectivity index (χ1v) is 6.74. The molecule has 2 heterocycles. The van der Waals surface area contributed by atoms with Crippen LogP contribution in [-0.4, -0.2) is 15.0 Å². The van der Waals surface area contributed by atoms with Crippen molar-refractivity contribution in [1.29, 1.82) is 0 Å². The van der Waals surface area contributed by atoms with Crippen LogP contribution < -0.4 is 11.3 Å². The van der Waals surface area contributed by atoms with Crippen LogP contribution in [0.3, 0.4) is 0 Å². The van der Waals surface area contributed by atoms with Gasteiger partial charge < -0.3 is 10.3 Å². The second-order valence-electron chi connectivity index (χ2n) is 4.70. The van der Waals surface area contributed by atoms with E-state index >= 15 is 0 Å². The minimum atomic E-state index is 0.0942. The van der Waals surface area contributed by atoms with E-state index in [0.717, 1.165) is 35.8 Å². The van der Waals surface area contributed by atoms with Crippen LogP contribution >= 0.6 is 11.5 Å². The fourth-order valence-corrected chi connectivity index (χ4v) is 3.18. The van der Waals surface area contributed by atoms with Crippen LogP contribution in [0.4, 0.5) is 0 Å². The highest BCUT2D eigenvalue weighted by molar-refractivity contribution is 7.13. The molecule has 4 nitrogen and oxygen atoms in total. The molecule has 0 bridgehead atoms. The molecule has 0 saturated heterocycles. The Kier molecular flexibility index (Phi) is 2.72. The molecule has 1 saturated carbocycles. The summed E-state index contributed by atoms with van der Waals surface area (Å²) < 4.78 is 6.90. The monoisotopic (exact) mass is 249 g/mol. The van der Waals surface area contributed by atoms with Gasteiger partial charge in [-0.1, -0.05) is 0 Å².